The Balaban J connectivity index is 2.07. The molecule has 2 aromatic heterocycles. The van der Waals surface area contributed by atoms with E-state index in [9.17, 15) is 9.59 Å². The maximum absolute atomic E-state index is 11.9. The average molecular weight is 272 g/mol. The minimum absolute atomic E-state index is 0.0630. The minimum atomic E-state index is -0.280. The molecular weight excluding hydrogens is 256 g/mol. The van der Waals surface area contributed by atoms with E-state index < -0.39 is 0 Å². The molecule has 20 heavy (non-hydrogen) atoms. The Morgan fingerprint density at radius 2 is 2.05 bits per heavy atom. The first-order valence-electron chi connectivity index (χ1n) is 6.32. The van der Waals surface area contributed by atoms with Crippen LogP contribution in [0, 0.1) is 0 Å². The third-order valence-electron chi connectivity index (χ3n) is 2.77. The van der Waals surface area contributed by atoms with Gasteiger partial charge in [-0.15, -0.1) is 0 Å². The highest BCUT2D eigenvalue weighted by atomic mass is 16.2. The highest BCUT2D eigenvalue weighted by molar-refractivity contribution is 5.90. The zero-order chi connectivity index (χ0) is 14.5. The first-order valence-corrected chi connectivity index (χ1v) is 6.32. The SMILES string of the molecule is CC(C)c1cc(=O)n(CC(=O)Nc2ccncc2)cn1. The van der Waals surface area contributed by atoms with E-state index in [2.05, 4.69) is 15.3 Å². The standard InChI is InChI=1S/C14H16N4O2/c1-10(2)12-7-14(20)18(9-16-12)8-13(19)17-11-3-5-15-6-4-11/h3-7,9-10H,8H2,1-2H3,(H,15,17,19). The summed E-state index contributed by atoms with van der Waals surface area (Å²) >= 11 is 0. The van der Waals surface area contributed by atoms with Gasteiger partial charge in [0, 0.05) is 24.1 Å². The Hall–Kier alpha value is -2.50. The van der Waals surface area contributed by atoms with Crippen LogP contribution < -0.4 is 10.9 Å². The van der Waals surface area contributed by atoms with Crippen LogP contribution in [-0.2, 0) is 11.3 Å². The van der Waals surface area contributed by atoms with Crippen LogP contribution in [0.1, 0.15) is 25.5 Å². The van der Waals surface area contributed by atoms with E-state index in [0.29, 0.717) is 5.69 Å². The first-order chi connectivity index (χ1) is 9.56. The summed E-state index contributed by atoms with van der Waals surface area (Å²) in [4.78, 5) is 31.7. The topological polar surface area (TPSA) is 76.9 Å². The maximum Gasteiger partial charge on any atom is 0.254 e. The van der Waals surface area contributed by atoms with Crippen LogP contribution in [0.2, 0.25) is 0 Å². The van der Waals surface area contributed by atoms with Gasteiger partial charge in [0.1, 0.15) is 6.54 Å². The third-order valence-corrected chi connectivity index (χ3v) is 2.77. The lowest BCUT2D eigenvalue weighted by molar-refractivity contribution is -0.116. The molecule has 0 atom stereocenters. The largest absolute Gasteiger partial charge is 0.324 e. The molecule has 6 nitrogen and oxygen atoms in total. The van der Waals surface area contributed by atoms with Gasteiger partial charge in [0.15, 0.2) is 0 Å². The molecule has 2 aromatic rings. The van der Waals surface area contributed by atoms with Gasteiger partial charge in [-0.2, -0.15) is 0 Å². The number of nitrogens with zero attached hydrogens (tertiary/aromatic N) is 3. The number of rotatable bonds is 4. The van der Waals surface area contributed by atoms with Crippen molar-refractivity contribution in [2.45, 2.75) is 26.3 Å². The molecule has 0 aliphatic carbocycles. The number of pyridine rings is 1. The molecule has 0 aliphatic rings. The number of carbonyl (C=O) groups is 1. The fraction of sp³-hybridized carbons (Fsp3) is 0.286. The van der Waals surface area contributed by atoms with Crippen molar-refractivity contribution in [1.29, 1.82) is 0 Å². The highest BCUT2D eigenvalue weighted by Gasteiger charge is 2.07. The zero-order valence-electron chi connectivity index (χ0n) is 11.4. The summed E-state index contributed by atoms with van der Waals surface area (Å²) in [6.07, 6.45) is 4.57. The van der Waals surface area contributed by atoms with Crippen LogP contribution >= 0.6 is 0 Å². The fourth-order valence-electron chi connectivity index (χ4n) is 1.66. The molecule has 0 saturated carbocycles. The van der Waals surface area contributed by atoms with Gasteiger partial charge in [0.05, 0.1) is 12.0 Å². The molecule has 0 saturated heterocycles. The average Bonchev–Trinajstić information content (AvgIpc) is 2.42. The predicted molar refractivity (Wildman–Crippen MR) is 75.5 cm³/mol. The van der Waals surface area contributed by atoms with Crippen LogP contribution in [0.15, 0.2) is 41.7 Å². The summed E-state index contributed by atoms with van der Waals surface area (Å²) in [5.74, 6) is -0.0969. The molecule has 0 aromatic carbocycles. The van der Waals surface area contributed by atoms with Gasteiger partial charge < -0.3 is 5.32 Å². The van der Waals surface area contributed by atoms with Gasteiger partial charge in [-0.1, -0.05) is 13.8 Å². The molecule has 0 unspecified atom stereocenters. The van der Waals surface area contributed by atoms with E-state index in [1.165, 1.54) is 17.0 Å². The summed E-state index contributed by atoms with van der Waals surface area (Å²) in [6.45, 7) is 3.86. The Bertz CT molecular complexity index is 650. The quantitative estimate of drug-likeness (QED) is 0.912. The monoisotopic (exact) mass is 272 g/mol. The number of amides is 1. The van der Waals surface area contributed by atoms with Crippen molar-refractivity contribution in [3.8, 4) is 0 Å². The Morgan fingerprint density at radius 3 is 2.65 bits per heavy atom. The van der Waals surface area contributed by atoms with Gasteiger partial charge in [0.2, 0.25) is 5.91 Å². The minimum Gasteiger partial charge on any atom is -0.324 e. The molecule has 6 heteroatoms. The number of hydrogen-bond acceptors (Lipinski definition) is 4. The Labute approximate surface area is 116 Å². The summed E-state index contributed by atoms with van der Waals surface area (Å²) < 4.78 is 1.28. The number of aromatic nitrogens is 3. The number of anilines is 1. The van der Waals surface area contributed by atoms with E-state index in [1.807, 2.05) is 13.8 Å². The van der Waals surface area contributed by atoms with Crippen molar-refractivity contribution in [2.24, 2.45) is 0 Å². The number of carbonyl (C=O) groups excluding carboxylic acids is 1. The number of nitrogens with one attached hydrogen (secondary N) is 1. The highest BCUT2D eigenvalue weighted by Crippen LogP contribution is 2.07. The van der Waals surface area contributed by atoms with Crippen molar-refractivity contribution in [3.63, 3.8) is 0 Å². The van der Waals surface area contributed by atoms with Crippen LogP contribution in [0.5, 0.6) is 0 Å². The first kappa shape index (κ1) is 13.9. The second kappa shape index (κ2) is 6.10. The van der Waals surface area contributed by atoms with Gasteiger partial charge in [-0.05, 0) is 18.1 Å². The van der Waals surface area contributed by atoms with Gasteiger partial charge in [-0.3, -0.25) is 19.1 Å². The van der Waals surface area contributed by atoms with E-state index in [0.717, 1.165) is 5.69 Å². The van der Waals surface area contributed by atoms with Gasteiger partial charge in [0.25, 0.3) is 5.56 Å². The molecule has 0 spiro atoms. The van der Waals surface area contributed by atoms with E-state index >= 15 is 0 Å². The second-order valence-electron chi connectivity index (χ2n) is 4.72. The number of hydrogen-bond donors (Lipinski definition) is 1. The molecule has 2 rings (SSSR count). The lowest BCUT2D eigenvalue weighted by atomic mass is 10.1. The van der Waals surface area contributed by atoms with Gasteiger partial charge >= 0.3 is 0 Å². The fourth-order valence-corrected chi connectivity index (χ4v) is 1.66. The van der Waals surface area contributed by atoms with Crippen LogP contribution in [0.25, 0.3) is 0 Å². The van der Waals surface area contributed by atoms with Crippen LogP contribution in [0.3, 0.4) is 0 Å². The smallest absolute Gasteiger partial charge is 0.254 e. The molecule has 104 valence electrons. The second-order valence-corrected chi connectivity index (χ2v) is 4.72. The molecular formula is C14H16N4O2. The van der Waals surface area contributed by atoms with E-state index in [1.54, 1.807) is 24.5 Å². The lowest BCUT2D eigenvalue weighted by Crippen LogP contribution is -2.28. The summed E-state index contributed by atoms with van der Waals surface area (Å²) in [5.41, 5.74) is 1.14. The molecule has 1 amide bonds. The normalized spacial score (nSPS) is 10.6. The molecule has 0 aliphatic heterocycles. The summed E-state index contributed by atoms with van der Waals surface area (Å²) in [6, 6.07) is 4.83. The van der Waals surface area contributed by atoms with Crippen molar-refractivity contribution < 1.29 is 4.79 Å². The van der Waals surface area contributed by atoms with Crippen molar-refractivity contribution in [3.05, 3.63) is 53.0 Å². The molecule has 0 radical (unpaired) electrons. The molecule has 0 bridgehead atoms. The lowest BCUT2D eigenvalue weighted by Gasteiger charge is -2.08. The Kier molecular flexibility index (Phi) is 4.24. The molecule has 0 fully saturated rings. The van der Waals surface area contributed by atoms with E-state index in [4.69, 9.17) is 0 Å². The molecule has 1 N–H and O–H groups in total. The predicted octanol–water partition coefficient (Wildman–Crippen LogP) is 1.40. The van der Waals surface area contributed by atoms with E-state index in [-0.39, 0.29) is 23.9 Å². The Morgan fingerprint density at radius 1 is 1.35 bits per heavy atom. The summed E-state index contributed by atoms with van der Waals surface area (Å²) in [7, 11) is 0. The van der Waals surface area contributed by atoms with Crippen molar-refractivity contribution >= 4 is 11.6 Å². The van der Waals surface area contributed by atoms with Crippen LogP contribution in [0.4, 0.5) is 5.69 Å². The third kappa shape index (κ3) is 3.50. The van der Waals surface area contributed by atoms with Crippen molar-refractivity contribution in [2.75, 3.05) is 5.32 Å². The zero-order valence-corrected chi connectivity index (χ0v) is 11.4. The van der Waals surface area contributed by atoms with Gasteiger partial charge in [-0.25, -0.2) is 4.98 Å². The molecule has 2 heterocycles. The maximum atomic E-state index is 11.9. The van der Waals surface area contributed by atoms with Crippen LogP contribution in [-0.4, -0.2) is 20.4 Å². The van der Waals surface area contributed by atoms with Crippen molar-refractivity contribution in [1.82, 2.24) is 14.5 Å². The summed E-state index contributed by atoms with van der Waals surface area (Å²) in [5, 5.41) is 2.69.